The molecule has 5 nitrogen and oxygen atoms in total. The van der Waals surface area contributed by atoms with E-state index in [0.29, 0.717) is 12.0 Å². The van der Waals surface area contributed by atoms with Crippen molar-refractivity contribution in [3.8, 4) is 0 Å². The van der Waals surface area contributed by atoms with Crippen molar-refractivity contribution in [1.29, 1.82) is 0 Å². The highest BCUT2D eigenvalue weighted by Gasteiger charge is 2.53. The van der Waals surface area contributed by atoms with Crippen LogP contribution < -0.4 is 0 Å². The van der Waals surface area contributed by atoms with Crippen LogP contribution in [0, 0.1) is 23.2 Å². The molecule has 0 radical (unpaired) electrons. The summed E-state index contributed by atoms with van der Waals surface area (Å²) in [5.41, 5.74) is 6.57. The number of amides is 1. The standard InChI is InChI=1S/C40H44N2O3/c43-37(15-16-38(44)45-27-29-11-5-2-6-12-29)41-18-17-34-33-13-7-8-14-35(33)42(26-28-9-3-1-4-10-28)39(34)36(41)25-40-22-30-19-31(23-40)21-32(20-30)24-40/h1-14,30-32,36H,15-27H2/t30?,31?,32?,36-,40?/m1/s1. The van der Waals surface area contributed by atoms with Gasteiger partial charge in [0.1, 0.15) is 6.61 Å². The van der Waals surface area contributed by atoms with Gasteiger partial charge in [-0.1, -0.05) is 78.9 Å². The largest absolute Gasteiger partial charge is 0.461 e. The third-order valence-corrected chi connectivity index (χ3v) is 11.5. The van der Waals surface area contributed by atoms with Crippen molar-refractivity contribution >= 4 is 22.8 Å². The molecular weight excluding hydrogens is 556 g/mol. The summed E-state index contributed by atoms with van der Waals surface area (Å²) in [6.45, 7) is 1.75. The molecule has 1 atom stereocenters. The number of carbonyl (C=O) groups excluding carboxylic acids is 2. The van der Waals surface area contributed by atoms with Gasteiger partial charge in [-0.3, -0.25) is 9.59 Å². The van der Waals surface area contributed by atoms with E-state index in [1.807, 2.05) is 30.3 Å². The smallest absolute Gasteiger partial charge is 0.306 e. The van der Waals surface area contributed by atoms with Crippen LogP contribution in [0.25, 0.3) is 10.9 Å². The topological polar surface area (TPSA) is 51.5 Å². The molecule has 0 saturated heterocycles. The molecule has 4 aliphatic carbocycles. The van der Waals surface area contributed by atoms with E-state index in [9.17, 15) is 9.59 Å². The number of hydrogen-bond acceptors (Lipinski definition) is 3. The molecule has 1 aliphatic heterocycles. The Hall–Kier alpha value is -3.86. The molecule has 45 heavy (non-hydrogen) atoms. The molecule has 0 spiro atoms. The molecule has 3 aromatic carbocycles. The molecule has 4 saturated carbocycles. The monoisotopic (exact) mass is 600 g/mol. The summed E-state index contributed by atoms with van der Waals surface area (Å²) in [4.78, 5) is 29.1. The van der Waals surface area contributed by atoms with Crippen LogP contribution in [0.2, 0.25) is 0 Å². The Morgan fingerprint density at radius 2 is 1.38 bits per heavy atom. The molecule has 1 aromatic heterocycles. The Morgan fingerprint density at radius 1 is 0.756 bits per heavy atom. The van der Waals surface area contributed by atoms with Crippen LogP contribution in [0.15, 0.2) is 84.9 Å². The summed E-state index contributed by atoms with van der Waals surface area (Å²) in [5.74, 6) is 2.36. The highest BCUT2D eigenvalue weighted by atomic mass is 16.5. The number of para-hydroxylation sites is 1. The van der Waals surface area contributed by atoms with Gasteiger partial charge in [-0.25, -0.2) is 0 Å². The Labute approximate surface area is 266 Å². The van der Waals surface area contributed by atoms with E-state index >= 15 is 0 Å². The van der Waals surface area contributed by atoms with Crippen molar-refractivity contribution in [3.63, 3.8) is 0 Å². The number of hydrogen-bond donors (Lipinski definition) is 0. The Balaban J connectivity index is 1.11. The number of rotatable bonds is 9. The number of fused-ring (bicyclic) bond motifs is 3. The van der Waals surface area contributed by atoms with Gasteiger partial charge in [0.15, 0.2) is 0 Å². The zero-order valence-corrected chi connectivity index (χ0v) is 26.2. The quantitative estimate of drug-likeness (QED) is 0.182. The van der Waals surface area contributed by atoms with Crippen LogP contribution in [0.1, 0.15) is 86.2 Å². The molecule has 4 bridgehead atoms. The lowest BCUT2D eigenvalue weighted by Crippen LogP contribution is -2.49. The van der Waals surface area contributed by atoms with Gasteiger partial charge in [-0.05, 0) is 97.3 Å². The van der Waals surface area contributed by atoms with Crippen LogP contribution >= 0.6 is 0 Å². The number of aromatic nitrogens is 1. The number of nitrogens with zero attached hydrogens (tertiary/aromatic N) is 2. The minimum absolute atomic E-state index is 0.0222. The second-order valence-corrected chi connectivity index (χ2v) is 14.6. The maximum atomic E-state index is 14.2. The molecule has 5 aliphatic rings. The second-order valence-electron chi connectivity index (χ2n) is 14.6. The summed E-state index contributed by atoms with van der Waals surface area (Å²) >= 11 is 0. The number of benzene rings is 3. The fourth-order valence-electron chi connectivity index (χ4n) is 10.1. The van der Waals surface area contributed by atoms with E-state index in [2.05, 4.69) is 64.1 Å². The van der Waals surface area contributed by atoms with E-state index < -0.39 is 0 Å². The maximum Gasteiger partial charge on any atom is 0.306 e. The Kier molecular flexibility index (Phi) is 7.51. The predicted octanol–water partition coefficient (Wildman–Crippen LogP) is 8.25. The van der Waals surface area contributed by atoms with E-state index in [4.69, 9.17) is 4.74 Å². The van der Waals surface area contributed by atoms with Gasteiger partial charge in [0, 0.05) is 36.1 Å². The lowest BCUT2D eigenvalue weighted by molar-refractivity contribution is -0.148. The van der Waals surface area contributed by atoms with E-state index in [1.165, 1.54) is 66.2 Å². The zero-order chi connectivity index (χ0) is 30.4. The highest BCUT2D eigenvalue weighted by Crippen LogP contribution is 2.63. The van der Waals surface area contributed by atoms with Gasteiger partial charge in [0.05, 0.1) is 12.5 Å². The van der Waals surface area contributed by atoms with Gasteiger partial charge in [-0.15, -0.1) is 0 Å². The predicted molar refractivity (Wildman–Crippen MR) is 176 cm³/mol. The first-order valence-corrected chi connectivity index (χ1v) is 17.2. The fourth-order valence-corrected chi connectivity index (χ4v) is 10.1. The molecule has 232 valence electrons. The molecule has 2 heterocycles. The fraction of sp³-hybridized carbons (Fsp3) is 0.450. The average molecular weight is 601 g/mol. The van der Waals surface area contributed by atoms with Crippen LogP contribution in [-0.2, 0) is 33.9 Å². The van der Waals surface area contributed by atoms with Gasteiger partial charge in [0.25, 0.3) is 0 Å². The van der Waals surface area contributed by atoms with E-state index in [-0.39, 0.29) is 37.4 Å². The minimum atomic E-state index is -0.305. The van der Waals surface area contributed by atoms with Gasteiger partial charge in [0.2, 0.25) is 5.91 Å². The van der Waals surface area contributed by atoms with Crippen molar-refractivity contribution in [2.24, 2.45) is 23.2 Å². The summed E-state index contributed by atoms with van der Waals surface area (Å²) in [7, 11) is 0. The molecule has 4 aromatic rings. The third kappa shape index (κ3) is 5.60. The maximum absolute atomic E-state index is 14.2. The molecule has 0 unspecified atom stereocenters. The van der Waals surface area contributed by atoms with Crippen LogP contribution in [0.5, 0.6) is 0 Å². The molecule has 9 rings (SSSR count). The number of ether oxygens (including phenoxy) is 1. The van der Waals surface area contributed by atoms with Gasteiger partial charge < -0.3 is 14.2 Å². The normalized spacial score (nSPS) is 26.6. The third-order valence-electron chi connectivity index (χ3n) is 11.5. The first-order valence-electron chi connectivity index (χ1n) is 17.2. The average Bonchev–Trinajstić information content (AvgIpc) is 3.36. The SMILES string of the molecule is O=C(CCC(=O)N1CCc2c(n(Cc3ccccc3)c3ccccc23)[C@H]1CC12CC3CC(CC(C3)C1)C2)OCc1ccccc1. The van der Waals surface area contributed by atoms with Crippen LogP contribution in [0.4, 0.5) is 0 Å². The summed E-state index contributed by atoms with van der Waals surface area (Å²) in [6, 6.07) is 29.3. The van der Waals surface area contributed by atoms with Crippen molar-refractivity contribution < 1.29 is 14.3 Å². The summed E-state index contributed by atoms with van der Waals surface area (Å²) in [5, 5.41) is 1.33. The van der Waals surface area contributed by atoms with Gasteiger partial charge >= 0.3 is 5.97 Å². The molecule has 0 N–H and O–H groups in total. The Morgan fingerprint density at radius 3 is 2.07 bits per heavy atom. The highest BCUT2D eigenvalue weighted by molar-refractivity contribution is 5.88. The lowest BCUT2D eigenvalue weighted by atomic mass is 9.48. The molecule has 4 fully saturated rings. The molecular formula is C40H44N2O3. The van der Waals surface area contributed by atoms with Crippen molar-refractivity contribution in [2.75, 3.05) is 6.54 Å². The number of carbonyl (C=O) groups is 2. The van der Waals surface area contributed by atoms with Crippen molar-refractivity contribution in [1.82, 2.24) is 9.47 Å². The van der Waals surface area contributed by atoms with E-state index in [1.54, 1.807) is 0 Å². The molecule has 5 heteroatoms. The van der Waals surface area contributed by atoms with E-state index in [0.717, 1.165) is 42.7 Å². The summed E-state index contributed by atoms with van der Waals surface area (Å²) in [6.07, 6.45) is 10.4. The first kappa shape index (κ1) is 28.6. The Bertz CT molecular complexity index is 1660. The van der Waals surface area contributed by atoms with Crippen molar-refractivity contribution in [3.05, 3.63) is 107 Å². The first-order chi connectivity index (χ1) is 22.0. The summed E-state index contributed by atoms with van der Waals surface area (Å²) < 4.78 is 8.08. The van der Waals surface area contributed by atoms with Crippen molar-refractivity contribution in [2.45, 2.75) is 83.4 Å². The lowest BCUT2D eigenvalue weighted by Gasteiger charge is -2.58. The molecule has 1 amide bonds. The minimum Gasteiger partial charge on any atom is -0.461 e. The van der Waals surface area contributed by atoms with Crippen LogP contribution in [0.3, 0.4) is 0 Å². The second kappa shape index (κ2) is 11.8. The zero-order valence-electron chi connectivity index (χ0n) is 26.2. The van der Waals surface area contributed by atoms with Gasteiger partial charge in [-0.2, -0.15) is 0 Å². The number of esters is 1. The van der Waals surface area contributed by atoms with Crippen LogP contribution in [-0.4, -0.2) is 27.9 Å².